The van der Waals surface area contributed by atoms with Gasteiger partial charge in [-0.25, -0.2) is 0 Å². The van der Waals surface area contributed by atoms with Crippen LogP contribution in [0.15, 0.2) is 30.3 Å². The third-order valence-electron chi connectivity index (χ3n) is 2.85. The Balaban J connectivity index is 3.03. The second-order valence-corrected chi connectivity index (χ2v) is 4.35. The summed E-state index contributed by atoms with van der Waals surface area (Å²) in [4.78, 5) is 11.7. The number of carbonyl (C=O) groups is 1. The molecule has 0 bridgehead atoms. The maximum absolute atomic E-state index is 11.7. The van der Waals surface area contributed by atoms with Crippen molar-refractivity contribution in [3.05, 3.63) is 35.9 Å². The molecule has 1 aromatic rings. The van der Waals surface area contributed by atoms with E-state index in [9.17, 15) is 4.79 Å². The molecule has 1 unspecified atom stereocenters. The molecular formula is C13H19NO2. The molecule has 16 heavy (non-hydrogen) atoms. The van der Waals surface area contributed by atoms with Gasteiger partial charge in [-0.1, -0.05) is 30.3 Å². The van der Waals surface area contributed by atoms with Crippen molar-refractivity contribution in [3.8, 4) is 0 Å². The molecule has 0 radical (unpaired) electrons. The minimum Gasteiger partial charge on any atom is -0.469 e. The van der Waals surface area contributed by atoms with E-state index in [0.717, 1.165) is 5.56 Å². The zero-order chi connectivity index (χ0) is 12.2. The Morgan fingerprint density at radius 2 is 1.88 bits per heavy atom. The number of carbonyl (C=O) groups excluding carboxylic acids is 1. The predicted octanol–water partition coefficient (Wildman–Crippen LogP) is 2.15. The van der Waals surface area contributed by atoms with Crippen molar-refractivity contribution in [1.29, 1.82) is 0 Å². The van der Waals surface area contributed by atoms with Gasteiger partial charge in [-0.2, -0.15) is 0 Å². The minimum atomic E-state index is -0.592. The lowest BCUT2D eigenvalue weighted by Crippen LogP contribution is -2.39. The summed E-state index contributed by atoms with van der Waals surface area (Å²) >= 11 is 0. The van der Waals surface area contributed by atoms with Gasteiger partial charge in [-0.15, -0.1) is 0 Å². The molecule has 1 aromatic carbocycles. The molecule has 0 fully saturated rings. The molecule has 88 valence electrons. The number of benzene rings is 1. The summed E-state index contributed by atoms with van der Waals surface area (Å²) < 4.78 is 4.84. The van der Waals surface area contributed by atoms with Gasteiger partial charge in [0.25, 0.3) is 0 Å². The lowest BCUT2D eigenvalue weighted by molar-refractivity contribution is -0.152. The van der Waals surface area contributed by atoms with Crippen molar-refractivity contribution >= 4 is 5.97 Å². The molecule has 0 spiro atoms. The summed E-state index contributed by atoms with van der Waals surface area (Å²) in [6, 6.07) is 9.85. The van der Waals surface area contributed by atoms with Crippen LogP contribution >= 0.6 is 0 Å². The van der Waals surface area contributed by atoms with Gasteiger partial charge in [0.05, 0.1) is 12.5 Å². The Labute approximate surface area is 96.8 Å². The second kappa shape index (κ2) is 5.12. The zero-order valence-electron chi connectivity index (χ0n) is 10.3. The van der Waals surface area contributed by atoms with Crippen LogP contribution in [0.3, 0.4) is 0 Å². The maximum atomic E-state index is 11.7. The average Bonchev–Trinajstić information content (AvgIpc) is 2.30. The summed E-state index contributed by atoms with van der Waals surface area (Å²) in [6.07, 6.45) is 0. The standard InChI is InChI=1S/C13H19NO2/c1-13(2,12(15)16-4)11(14-3)10-8-6-5-7-9-10/h5-9,11,14H,1-4H3. The molecule has 0 heterocycles. The Bertz CT molecular complexity index is 346. The number of methoxy groups -OCH3 is 1. The normalized spacial score (nSPS) is 13.2. The summed E-state index contributed by atoms with van der Waals surface area (Å²) in [6.45, 7) is 3.76. The minimum absolute atomic E-state index is 0.0545. The molecule has 0 aliphatic heterocycles. The van der Waals surface area contributed by atoms with Gasteiger partial charge >= 0.3 is 5.97 Å². The number of hydrogen-bond donors (Lipinski definition) is 1. The quantitative estimate of drug-likeness (QED) is 0.792. The number of hydrogen-bond acceptors (Lipinski definition) is 3. The summed E-state index contributed by atoms with van der Waals surface area (Å²) in [5.41, 5.74) is 0.491. The largest absolute Gasteiger partial charge is 0.469 e. The fraction of sp³-hybridized carbons (Fsp3) is 0.462. The fourth-order valence-corrected chi connectivity index (χ4v) is 1.97. The molecule has 0 aromatic heterocycles. The SMILES string of the molecule is CNC(c1ccccc1)C(C)(C)C(=O)OC. The first-order valence-corrected chi connectivity index (χ1v) is 5.34. The first kappa shape index (κ1) is 12.7. The Hall–Kier alpha value is -1.35. The van der Waals surface area contributed by atoms with E-state index in [4.69, 9.17) is 4.74 Å². The number of rotatable bonds is 4. The van der Waals surface area contributed by atoms with Crippen LogP contribution in [-0.4, -0.2) is 20.1 Å². The molecule has 0 aliphatic rings. The third kappa shape index (κ3) is 2.42. The first-order valence-electron chi connectivity index (χ1n) is 5.34. The van der Waals surface area contributed by atoms with Gasteiger partial charge in [0.1, 0.15) is 0 Å². The highest BCUT2D eigenvalue weighted by Crippen LogP contribution is 2.33. The molecule has 0 amide bonds. The van der Waals surface area contributed by atoms with Crippen LogP contribution in [-0.2, 0) is 9.53 Å². The van der Waals surface area contributed by atoms with Gasteiger partial charge in [0, 0.05) is 6.04 Å². The molecule has 1 atom stereocenters. The Kier molecular flexibility index (Phi) is 4.07. The molecule has 3 heteroatoms. The number of esters is 1. The van der Waals surface area contributed by atoms with Crippen molar-refractivity contribution in [3.63, 3.8) is 0 Å². The van der Waals surface area contributed by atoms with Crippen LogP contribution in [0, 0.1) is 5.41 Å². The monoisotopic (exact) mass is 221 g/mol. The van der Waals surface area contributed by atoms with Gasteiger partial charge in [-0.05, 0) is 26.5 Å². The van der Waals surface area contributed by atoms with Crippen LogP contribution in [0.2, 0.25) is 0 Å². The number of ether oxygens (including phenoxy) is 1. The van der Waals surface area contributed by atoms with Crippen molar-refractivity contribution in [2.24, 2.45) is 5.41 Å². The molecule has 0 saturated carbocycles. The van der Waals surface area contributed by atoms with E-state index in [1.54, 1.807) is 0 Å². The van der Waals surface area contributed by atoms with E-state index < -0.39 is 5.41 Å². The van der Waals surface area contributed by atoms with E-state index in [-0.39, 0.29) is 12.0 Å². The Morgan fingerprint density at radius 1 is 1.31 bits per heavy atom. The zero-order valence-corrected chi connectivity index (χ0v) is 10.3. The summed E-state index contributed by atoms with van der Waals surface area (Å²) in [5.74, 6) is -0.212. The molecule has 0 saturated heterocycles. The Morgan fingerprint density at radius 3 is 2.31 bits per heavy atom. The predicted molar refractivity (Wildman–Crippen MR) is 64.0 cm³/mol. The van der Waals surface area contributed by atoms with Gasteiger partial charge in [0.15, 0.2) is 0 Å². The van der Waals surface area contributed by atoms with Crippen molar-refractivity contribution in [2.75, 3.05) is 14.2 Å². The topological polar surface area (TPSA) is 38.3 Å². The highest BCUT2D eigenvalue weighted by atomic mass is 16.5. The highest BCUT2D eigenvalue weighted by Gasteiger charge is 2.37. The molecular weight excluding hydrogens is 202 g/mol. The van der Waals surface area contributed by atoms with Gasteiger partial charge in [-0.3, -0.25) is 4.79 Å². The van der Waals surface area contributed by atoms with Crippen LogP contribution in [0.1, 0.15) is 25.5 Å². The lowest BCUT2D eigenvalue weighted by atomic mass is 9.80. The van der Waals surface area contributed by atoms with E-state index >= 15 is 0 Å². The molecule has 1 N–H and O–H groups in total. The smallest absolute Gasteiger partial charge is 0.313 e. The van der Waals surface area contributed by atoms with Crippen LogP contribution in [0.4, 0.5) is 0 Å². The van der Waals surface area contributed by atoms with Crippen LogP contribution < -0.4 is 5.32 Å². The molecule has 1 rings (SSSR count). The second-order valence-electron chi connectivity index (χ2n) is 4.35. The summed E-state index contributed by atoms with van der Waals surface area (Å²) in [7, 11) is 3.27. The van der Waals surface area contributed by atoms with E-state index in [1.165, 1.54) is 7.11 Å². The van der Waals surface area contributed by atoms with Gasteiger partial charge < -0.3 is 10.1 Å². The van der Waals surface area contributed by atoms with Gasteiger partial charge in [0.2, 0.25) is 0 Å². The summed E-state index contributed by atoms with van der Waals surface area (Å²) in [5, 5.41) is 3.17. The maximum Gasteiger partial charge on any atom is 0.313 e. The van der Waals surface area contributed by atoms with Crippen LogP contribution in [0.5, 0.6) is 0 Å². The number of nitrogens with one attached hydrogen (secondary N) is 1. The van der Waals surface area contributed by atoms with E-state index in [0.29, 0.717) is 0 Å². The molecule has 3 nitrogen and oxygen atoms in total. The third-order valence-corrected chi connectivity index (χ3v) is 2.85. The highest BCUT2D eigenvalue weighted by molar-refractivity contribution is 5.77. The van der Waals surface area contributed by atoms with Crippen molar-refractivity contribution < 1.29 is 9.53 Å². The first-order chi connectivity index (χ1) is 7.54. The van der Waals surface area contributed by atoms with E-state index in [1.807, 2.05) is 51.2 Å². The van der Waals surface area contributed by atoms with Crippen molar-refractivity contribution in [2.45, 2.75) is 19.9 Å². The lowest BCUT2D eigenvalue weighted by Gasteiger charge is -2.31. The van der Waals surface area contributed by atoms with Crippen LogP contribution in [0.25, 0.3) is 0 Å². The fourth-order valence-electron chi connectivity index (χ4n) is 1.97. The molecule has 0 aliphatic carbocycles. The van der Waals surface area contributed by atoms with Crippen molar-refractivity contribution in [1.82, 2.24) is 5.32 Å². The van der Waals surface area contributed by atoms with E-state index in [2.05, 4.69) is 5.32 Å². The average molecular weight is 221 g/mol.